The van der Waals surface area contributed by atoms with Gasteiger partial charge in [-0.3, -0.25) is 9.89 Å². The predicted octanol–water partition coefficient (Wildman–Crippen LogP) is 2.50. The second-order valence-electron chi connectivity index (χ2n) is 8.90. The van der Waals surface area contributed by atoms with Crippen molar-refractivity contribution in [2.75, 3.05) is 53.4 Å². The number of nitrogens with one attached hydrogen (secondary N) is 1. The number of rotatable bonds is 7. The zero-order chi connectivity index (χ0) is 20.2. The second-order valence-corrected chi connectivity index (χ2v) is 8.90. The number of likely N-dealkylation sites (N-methyl/N-ethyl adjacent to an activating group) is 1. The normalized spacial score (nSPS) is 25.7. The van der Waals surface area contributed by atoms with Crippen LogP contribution in [0.2, 0.25) is 0 Å². The molecule has 6 nitrogen and oxygen atoms in total. The average molecular weight is 527 g/mol. The van der Waals surface area contributed by atoms with Crippen LogP contribution in [0.25, 0.3) is 0 Å². The van der Waals surface area contributed by atoms with Crippen LogP contribution in [-0.2, 0) is 11.3 Å². The summed E-state index contributed by atoms with van der Waals surface area (Å²) in [4.78, 5) is 12.4. The zero-order valence-corrected chi connectivity index (χ0v) is 21.0. The molecule has 0 spiro atoms. The van der Waals surface area contributed by atoms with Crippen LogP contribution >= 0.6 is 24.0 Å². The van der Waals surface area contributed by atoms with Crippen molar-refractivity contribution in [3.8, 4) is 0 Å². The maximum absolute atomic E-state index is 6.17. The van der Waals surface area contributed by atoms with Crippen LogP contribution in [0.3, 0.4) is 0 Å². The molecule has 0 aromatic heterocycles. The van der Waals surface area contributed by atoms with E-state index >= 15 is 0 Å². The minimum Gasteiger partial charge on any atom is -0.373 e. The maximum atomic E-state index is 6.17. The van der Waals surface area contributed by atoms with Gasteiger partial charge in [-0.15, -0.1) is 24.0 Å². The van der Waals surface area contributed by atoms with Crippen molar-refractivity contribution in [3.05, 3.63) is 35.9 Å². The van der Waals surface area contributed by atoms with Gasteiger partial charge in [-0.2, -0.15) is 0 Å². The first kappa shape index (κ1) is 23.8. The fourth-order valence-electron chi connectivity index (χ4n) is 4.77. The van der Waals surface area contributed by atoms with E-state index in [2.05, 4.69) is 71.4 Å². The highest BCUT2D eigenvalue weighted by atomic mass is 127. The highest BCUT2D eigenvalue weighted by Gasteiger charge is 2.41. The standard InChI is InChI=1S/C23H37N5O.HI/c1-4-24-23(25-14-20(26(2)3)19-10-11-19)28-16-21-22(17-28)29-13-12-27(21)15-18-8-6-5-7-9-18;/h5-9,19-22H,4,10-17H2,1-3H3,(H,24,25);1H. The van der Waals surface area contributed by atoms with E-state index in [0.29, 0.717) is 12.1 Å². The lowest BCUT2D eigenvalue weighted by Gasteiger charge is -2.36. The van der Waals surface area contributed by atoms with Crippen molar-refractivity contribution < 1.29 is 4.74 Å². The molecule has 1 aliphatic carbocycles. The monoisotopic (exact) mass is 527 g/mol. The minimum absolute atomic E-state index is 0. The SMILES string of the molecule is CCNC(=NCC(C1CC1)N(C)C)N1CC2OCCN(Cc3ccccc3)C2C1.I. The second kappa shape index (κ2) is 11.1. The van der Waals surface area contributed by atoms with Gasteiger partial charge in [-0.25, -0.2) is 0 Å². The highest BCUT2D eigenvalue weighted by molar-refractivity contribution is 14.0. The van der Waals surface area contributed by atoms with Crippen LogP contribution in [0.5, 0.6) is 0 Å². The number of hydrogen-bond acceptors (Lipinski definition) is 4. The lowest BCUT2D eigenvalue weighted by atomic mass is 10.1. The van der Waals surface area contributed by atoms with Crippen LogP contribution in [0, 0.1) is 5.92 Å². The van der Waals surface area contributed by atoms with E-state index in [1.54, 1.807) is 0 Å². The molecule has 0 bridgehead atoms. The number of ether oxygens (including phenoxy) is 1. The minimum atomic E-state index is 0. The molecule has 1 aromatic rings. The van der Waals surface area contributed by atoms with Gasteiger partial charge in [0, 0.05) is 38.8 Å². The summed E-state index contributed by atoms with van der Waals surface area (Å²) in [6.45, 7) is 8.66. The molecule has 2 aliphatic heterocycles. The smallest absolute Gasteiger partial charge is 0.194 e. The third-order valence-electron chi connectivity index (χ3n) is 6.54. The lowest BCUT2D eigenvalue weighted by Crippen LogP contribution is -2.50. The van der Waals surface area contributed by atoms with Gasteiger partial charge in [0.2, 0.25) is 0 Å². The molecule has 7 heteroatoms. The van der Waals surface area contributed by atoms with E-state index in [1.807, 2.05) is 0 Å². The van der Waals surface area contributed by atoms with Crippen molar-refractivity contribution in [1.82, 2.24) is 20.0 Å². The van der Waals surface area contributed by atoms with Gasteiger partial charge < -0.3 is 19.9 Å². The number of likely N-dealkylation sites (tertiary alicyclic amines) is 1. The summed E-state index contributed by atoms with van der Waals surface area (Å²) in [5, 5.41) is 3.54. The van der Waals surface area contributed by atoms with E-state index in [1.165, 1.54) is 18.4 Å². The fourth-order valence-corrected chi connectivity index (χ4v) is 4.77. The lowest BCUT2D eigenvalue weighted by molar-refractivity contribution is -0.0502. The Hall–Kier alpha value is -0.900. The quantitative estimate of drug-likeness (QED) is 0.336. The number of benzene rings is 1. The van der Waals surface area contributed by atoms with Gasteiger partial charge in [-0.05, 0) is 45.3 Å². The highest BCUT2D eigenvalue weighted by Crippen LogP contribution is 2.34. The molecule has 3 fully saturated rings. The summed E-state index contributed by atoms with van der Waals surface area (Å²) >= 11 is 0. The Kier molecular flexibility index (Phi) is 8.80. The predicted molar refractivity (Wildman–Crippen MR) is 134 cm³/mol. The zero-order valence-electron chi connectivity index (χ0n) is 18.7. The molecule has 0 amide bonds. The number of fused-ring (bicyclic) bond motifs is 1. The summed E-state index contributed by atoms with van der Waals surface area (Å²) in [7, 11) is 4.37. The Morgan fingerprint density at radius 3 is 2.67 bits per heavy atom. The fraction of sp³-hybridized carbons (Fsp3) is 0.696. The van der Waals surface area contributed by atoms with Crippen LogP contribution in [0.1, 0.15) is 25.3 Å². The van der Waals surface area contributed by atoms with E-state index in [9.17, 15) is 0 Å². The Morgan fingerprint density at radius 2 is 2.00 bits per heavy atom. The van der Waals surface area contributed by atoms with Crippen molar-refractivity contribution >= 4 is 29.9 Å². The first-order valence-electron chi connectivity index (χ1n) is 11.2. The van der Waals surface area contributed by atoms with Gasteiger partial charge in [0.15, 0.2) is 5.96 Å². The number of hydrogen-bond donors (Lipinski definition) is 1. The first-order chi connectivity index (χ1) is 14.2. The van der Waals surface area contributed by atoms with Gasteiger partial charge in [0.25, 0.3) is 0 Å². The maximum Gasteiger partial charge on any atom is 0.194 e. The van der Waals surface area contributed by atoms with Gasteiger partial charge >= 0.3 is 0 Å². The Bertz CT molecular complexity index is 679. The molecule has 2 saturated heterocycles. The van der Waals surface area contributed by atoms with Crippen molar-refractivity contribution in [1.29, 1.82) is 0 Å². The van der Waals surface area contributed by atoms with Gasteiger partial charge in [0.1, 0.15) is 0 Å². The molecule has 168 valence electrons. The molecular weight excluding hydrogens is 489 g/mol. The molecule has 3 unspecified atom stereocenters. The molecule has 3 atom stereocenters. The van der Waals surface area contributed by atoms with Crippen LogP contribution in [-0.4, -0.2) is 92.3 Å². The van der Waals surface area contributed by atoms with Crippen molar-refractivity contribution in [2.45, 2.75) is 44.5 Å². The number of guanidine groups is 1. The summed E-state index contributed by atoms with van der Waals surface area (Å²) in [5.74, 6) is 1.88. The molecule has 0 radical (unpaired) electrons. The number of aliphatic imine (C=N–C) groups is 1. The molecular formula is C23H38IN5O. The third kappa shape index (κ3) is 5.87. The Balaban J connectivity index is 0.00000256. The molecule has 1 N–H and O–H groups in total. The third-order valence-corrected chi connectivity index (χ3v) is 6.54. The van der Waals surface area contributed by atoms with Crippen LogP contribution in [0.4, 0.5) is 0 Å². The molecule has 1 saturated carbocycles. The van der Waals surface area contributed by atoms with Gasteiger partial charge in [0.05, 0.1) is 25.3 Å². The van der Waals surface area contributed by atoms with Gasteiger partial charge in [-0.1, -0.05) is 30.3 Å². The number of halogens is 1. The molecule has 30 heavy (non-hydrogen) atoms. The van der Waals surface area contributed by atoms with Crippen molar-refractivity contribution in [2.24, 2.45) is 10.9 Å². The van der Waals surface area contributed by atoms with Crippen LogP contribution < -0.4 is 5.32 Å². The molecule has 1 aromatic carbocycles. The Morgan fingerprint density at radius 1 is 1.23 bits per heavy atom. The summed E-state index contributed by atoms with van der Waals surface area (Å²) in [6.07, 6.45) is 2.97. The summed E-state index contributed by atoms with van der Waals surface area (Å²) in [6, 6.07) is 11.8. The molecule has 2 heterocycles. The number of nitrogens with zero attached hydrogens (tertiary/aromatic N) is 4. The first-order valence-corrected chi connectivity index (χ1v) is 11.2. The van der Waals surface area contributed by atoms with Crippen molar-refractivity contribution in [3.63, 3.8) is 0 Å². The average Bonchev–Trinajstić information content (AvgIpc) is 3.45. The topological polar surface area (TPSA) is 43.3 Å². The largest absolute Gasteiger partial charge is 0.373 e. The summed E-state index contributed by atoms with van der Waals surface area (Å²) < 4.78 is 6.17. The van der Waals surface area contributed by atoms with Crippen LogP contribution in [0.15, 0.2) is 35.3 Å². The van der Waals surface area contributed by atoms with E-state index in [4.69, 9.17) is 9.73 Å². The molecule has 3 aliphatic rings. The van der Waals surface area contributed by atoms with E-state index in [0.717, 1.165) is 57.8 Å². The van der Waals surface area contributed by atoms with E-state index in [-0.39, 0.29) is 30.1 Å². The molecule has 4 rings (SSSR count). The Labute approximate surface area is 199 Å². The number of morpholine rings is 1. The summed E-state index contributed by atoms with van der Waals surface area (Å²) in [5.41, 5.74) is 1.38. The van der Waals surface area contributed by atoms with E-state index < -0.39 is 0 Å².